The van der Waals surface area contributed by atoms with Crippen LogP contribution >= 0.6 is 0 Å². The van der Waals surface area contributed by atoms with E-state index in [-0.39, 0.29) is 17.6 Å². The van der Waals surface area contributed by atoms with E-state index >= 15 is 0 Å². The van der Waals surface area contributed by atoms with E-state index in [1.54, 1.807) is 14.0 Å². The molecule has 0 fully saturated rings. The normalized spacial score (nSPS) is 12.9. The molecule has 4 nitrogen and oxygen atoms in total. The first-order chi connectivity index (χ1) is 14.5. The number of hydrogen-bond donors (Lipinski definition) is 2. The van der Waals surface area contributed by atoms with Gasteiger partial charge in [0.15, 0.2) is 0 Å². The van der Waals surface area contributed by atoms with Crippen LogP contribution in [0.2, 0.25) is 0 Å². The highest BCUT2D eigenvalue weighted by Crippen LogP contribution is 2.29. The molecule has 0 aliphatic carbocycles. The quantitative estimate of drug-likeness (QED) is 0.583. The van der Waals surface area contributed by atoms with Gasteiger partial charge in [-0.2, -0.15) is 0 Å². The van der Waals surface area contributed by atoms with Gasteiger partial charge in [-0.3, -0.25) is 9.78 Å². The predicted molar refractivity (Wildman–Crippen MR) is 118 cm³/mol. The van der Waals surface area contributed by atoms with Crippen molar-refractivity contribution in [2.75, 3.05) is 13.6 Å². The maximum atomic E-state index is 13.8. The number of aryl methyl sites for hydroxylation is 2. The van der Waals surface area contributed by atoms with Gasteiger partial charge < -0.3 is 10.6 Å². The molecule has 1 aromatic heterocycles. The van der Waals surface area contributed by atoms with E-state index in [0.717, 1.165) is 28.8 Å². The molecule has 0 aliphatic rings. The Bertz CT molecular complexity index is 973. The van der Waals surface area contributed by atoms with E-state index in [2.05, 4.69) is 21.7 Å². The number of likely N-dealkylation sites (N-methyl/N-ethyl adjacent to an activating group) is 1. The minimum atomic E-state index is -0.428. The van der Waals surface area contributed by atoms with Gasteiger partial charge in [0.25, 0.3) is 0 Å². The summed E-state index contributed by atoms with van der Waals surface area (Å²) in [4.78, 5) is 16.9. The SMILES string of the molecule is CNC(=O)[C@H](NCC[C@@H](c1ccc(C)nc1)c1ccc(F)c(C)c1)c1ccccc1. The smallest absolute Gasteiger partial charge is 0.241 e. The molecular weight excluding hydrogens is 377 g/mol. The third kappa shape index (κ3) is 5.30. The number of pyridine rings is 1. The molecule has 2 N–H and O–H groups in total. The van der Waals surface area contributed by atoms with Crippen molar-refractivity contribution in [3.63, 3.8) is 0 Å². The van der Waals surface area contributed by atoms with Crippen LogP contribution < -0.4 is 10.6 Å². The zero-order valence-electron chi connectivity index (χ0n) is 17.7. The Labute approximate surface area is 177 Å². The van der Waals surface area contributed by atoms with Crippen molar-refractivity contribution in [3.8, 4) is 0 Å². The molecule has 0 saturated carbocycles. The second kappa shape index (κ2) is 10.1. The maximum Gasteiger partial charge on any atom is 0.241 e. The number of carbonyl (C=O) groups excluding carboxylic acids is 1. The number of carbonyl (C=O) groups is 1. The Hall–Kier alpha value is -3.05. The van der Waals surface area contributed by atoms with E-state index < -0.39 is 6.04 Å². The second-order valence-corrected chi connectivity index (χ2v) is 7.49. The van der Waals surface area contributed by atoms with Crippen LogP contribution in [-0.4, -0.2) is 24.5 Å². The average Bonchev–Trinajstić information content (AvgIpc) is 2.77. The van der Waals surface area contributed by atoms with Crippen molar-refractivity contribution in [1.82, 2.24) is 15.6 Å². The monoisotopic (exact) mass is 405 g/mol. The molecule has 3 rings (SSSR count). The van der Waals surface area contributed by atoms with Gasteiger partial charge in [0.1, 0.15) is 11.9 Å². The summed E-state index contributed by atoms with van der Waals surface area (Å²) >= 11 is 0. The number of aromatic nitrogens is 1. The average molecular weight is 406 g/mol. The highest BCUT2D eigenvalue weighted by atomic mass is 19.1. The third-order valence-corrected chi connectivity index (χ3v) is 5.34. The number of benzene rings is 2. The lowest BCUT2D eigenvalue weighted by Gasteiger charge is -2.22. The van der Waals surface area contributed by atoms with Crippen LogP contribution in [-0.2, 0) is 4.79 Å². The van der Waals surface area contributed by atoms with Crippen LogP contribution in [0.5, 0.6) is 0 Å². The Balaban J connectivity index is 1.81. The lowest BCUT2D eigenvalue weighted by atomic mass is 9.88. The topological polar surface area (TPSA) is 54.0 Å². The van der Waals surface area contributed by atoms with Gasteiger partial charge in [-0.15, -0.1) is 0 Å². The molecule has 0 saturated heterocycles. The molecule has 2 atom stereocenters. The van der Waals surface area contributed by atoms with Crippen LogP contribution in [0.3, 0.4) is 0 Å². The first-order valence-corrected chi connectivity index (χ1v) is 10.2. The van der Waals surface area contributed by atoms with Crippen molar-refractivity contribution >= 4 is 5.91 Å². The Kier molecular flexibility index (Phi) is 7.31. The fraction of sp³-hybridized carbons (Fsp3) is 0.280. The van der Waals surface area contributed by atoms with Gasteiger partial charge in [0.2, 0.25) is 5.91 Å². The highest BCUT2D eigenvalue weighted by molar-refractivity contribution is 5.82. The maximum absolute atomic E-state index is 13.8. The van der Waals surface area contributed by atoms with E-state index in [1.165, 1.54) is 6.07 Å². The van der Waals surface area contributed by atoms with E-state index in [0.29, 0.717) is 12.1 Å². The number of hydrogen-bond acceptors (Lipinski definition) is 3. The van der Waals surface area contributed by atoms with Crippen LogP contribution in [0.1, 0.15) is 46.3 Å². The van der Waals surface area contributed by atoms with E-state index in [1.807, 2.05) is 61.7 Å². The summed E-state index contributed by atoms with van der Waals surface area (Å²) < 4.78 is 13.8. The zero-order chi connectivity index (χ0) is 21.5. The summed E-state index contributed by atoms with van der Waals surface area (Å²) in [6.45, 7) is 4.34. The molecule has 1 heterocycles. The van der Waals surface area contributed by atoms with Crippen LogP contribution in [0.4, 0.5) is 4.39 Å². The Morgan fingerprint density at radius 1 is 1.00 bits per heavy atom. The highest BCUT2D eigenvalue weighted by Gasteiger charge is 2.21. The van der Waals surface area contributed by atoms with Crippen molar-refractivity contribution in [2.45, 2.75) is 32.2 Å². The van der Waals surface area contributed by atoms with Crippen molar-refractivity contribution in [3.05, 3.63) is 101 Å². The van der Waals surface area contributed by atoms with E-state index in [4.69, 9.17) is 0 Å². The second-order valence-electron chi connectivity index (χ2n) is 7.49. The fourth-order valence-corrected chi connectivity index (χ4v) is 3.62. The minimum Gasteiger partial charge on any atom is -0.358 e. The molecule has 0 aliphatic heterocycles. The number of nitrogens with zero attached hydrogens (tertiary/aromatic N) is 1. The number of rotatable bonds is 8. The largest absolute Gasteiger partial charge is 0.358 e. The summed E-state index contributed by atoms with van der Waals surface area (Å²) in [5.74, 6) is -0.236. The molecule has 0 spiro atoms. The summed E-state index contributed by atoms with van der Waals surface area (Å²) in [5, 5.41) is 6.12. The molecule has 30 heavy (non-hydrogen) atoms. The lowest BCUT2D eigenvalue weighted by molar-refractivity contribution is -0.122. The minimum absolute atomic E-state index is 0.0472. The molecule has 3 aromatic rings. The van der Waals surface area contributed by atoms with Gasteiger partial charge in [0.05, 0.1) is 0 Å². The molecule has 1 amide bonds. The molecule has 156 valence electrons. The predicted octanol–water partition coefficient (Wildman–Crippen LogP) is 4.44. The Morgan fingerprint density at radius 2 is 1.73 bits per heavy atom. The molecule has 2 aromatic carbocycles. The van der Waals surface area contributed by atoms with Gasteiger partial charge in [0, 0.05) is 24.9 Å². The molecule has 5 heteroatoms. The molecule has 0 bridgehead atoms. The summed E-state index contributed by atoms with van der Waals surface area (Å²) in [7, 11) is 1.64. The fourth-order valence-electron chi connectivity index (χ4n) is 3.62. The molecule has 0 unspecified atom stereocenters. The standard InChI is InChI=1S/C25H28FN3O/c1-17-15-20(11-12-23(17)26)22(21-10-9-18(2)29-16-21)13-14-28-24(25(30)27-3)19-7-5-4-6-8-19/h4-12,15-16,22,24,28H,13-14H2,1-3H3,(H,27,30)/t22-,24-/m1/s1. The van der Waals surface area contributed by atoms with Crippen LogP contribution in [0.25, 0.3) is 0 Å². The van der Waals surface area contributed by atoms with E-state index in [9.17, 15) is 9.18 Å². The molecular formula is C25H28FN3O. The van der Waals surface area contributed by atoms with Crippen molar-refractivity contribution in [1.29, 1.82) is 0 Å². The number of amides is 1. The summed E-state index contributed by atoms with van der Waals surface area (Å²) in [6.07, 6.45) is 2.63. The summed E-state index contributed by atoms with van der Waals surface area (Å²) in [5.41, 5.74) is 4.61. The van der Waals surface area contributed by atoms with Gasteiger partial charge in [-0.25, -0.2) is 4.39 Å². The van der Waals surface area contributed by atoms with Gasteiger partial charge in [-0.05, 0) is 61.2 Å². The van der Waals surface area contributed by atoms with Crippen LogP contribution in [0, 0.1) is 19.7 Å². The number of halogens is 1. The van der Waals surface area contributed by atoms with Crippen molar-refractivity contribution in [2.24, 2.45) is 0 Å². The first kappa shape index (κ1) is 21.7. The van der Waals surface area contributed by atoms with Gasteiger partial charge >= 0.3 is 0 Å². The van der Waals surface area contributed by atoms with Crippen molar-refractivity contribution < 1.29 is 9.18 Å². The first-order valence-electron chi connectivity index (χ1n) is 10.2. The Morgan fingerprint density at radius 3 is 2.37 bits per heavy atom. The van der Waals surface area contributed by atoms with Gasteiger partial charge in [-0.1, -0.05) is 48.5 Å². The third-order valence-electron chi connectivity index (χ3n) is 5.34. The summed E-state index contributed by atoms with van der Waals surface area (Å²) in [6, 6.07) is 18.5. The van der Waals surface area contributed by atoms with Crippen LogP contribution in [0.15, 0.2) is 66.9 Å². The zero-order valence-corrected chi connectivity index (χ0v) is 17.7. The lowest BCUT2D eigenvalue weighted by Crippen LogP contribution is -2.36. The molecule has 0 radical (unpaired) electrons. The number of nitrogens with one attached hydrogen (secondary N) is 2.